The van der Waals surface area contributed by atoms with E-state index >= 15 is 0 Å². The molecule has 1 aromatic heterocycles. The number of aromatic hydroxyl groups is 1. The molecule has 1 saturated heterocycles. The van der Waals surface area contributed by atoms with Crippen LogP contribution in [-0.4, -0.2) is 59.2 Å². The summed E-state index contributed by atoms with van der Waals surface area (Å²) in [6.45, 7) is 15.0. The Morgan fingerprint density at radius 1 is 0.947 bits per heavy atom. The quantitative estimate of drug-likeness (QED) is 0.429. The normalized spacial score (nSPS) is 16.8. The Bertz CT molecular complexity index is 1420. The third-order valence-corrected chi connectivity index (χ3v) is 7.85. The Labute approximate surface area is 230 Å². The lowest BCUT2D eigenvalue weighted by molar-refractivity contribution is -0.114. The molecule has 0 spiro atoms. The number of halogens is 1. The summed E-state index contributed by atoms with van der Waals surface area (Å²) >= 11 is 6.64. The Morgan fingerprint density at radius 3 is 2.32 bits per heavy atom. The van der Waals surface area contributed by atoms with Gasteiger partial charge in [0.25, 0.3) is 5.91 Å². The van der Waals surface area contributed by atoms with E-state index in [0.717, 1.165) is 54.3 Å². The van der Waals surface area contributed by atoms with Gasteiger partial charge in [-0.1, -0.05) is 35.9 Å². The van der Waals surface area contributed by atoms with E-state index in [1.807, 2.05) is 50.3 Å². The fraction of sp³-hybridized carbons (Fsp3) is 0.355. The third-order valence-electron chi connectivity index (χ3n) is 7.55. The van der Waals surface area contributed by atoms with Crippen LogP contribution in [0.2, 0.25) is 5.02 Å². The van der Waals surface area contributed by atoms with Crippen LogP contribution in [0.4, 0.5) is 11.4 Å². The summed E-state index contributed by atoms with van der Waals surface area (Å²) in [7, 11) is 0. The van der Waals surface area contributed by atoms with Crippen molar-refractivity contribution >= 4 is 28.9 Å². The predicted molar refractivity (Wildman–Crippen MR) is 156 cm³/mol. The number of aryl methyl sites for hydroxylation is 1. The highest BCUT2D eigenvalue weighted by Crippen LogP contribution is 2.41. The zero-order valence-corrected chi connectivity index (χ0v) is 23.5. The molecule has 0 radical (unpaired) electrons. The first-order valence-electron chi connectivity index (χ1n) is 13.1. The molecule has 6 nitrogen and oxygen atoms in total. The second-order valence-electron chi connectivity index (χ2n) is 11.2. The largest absolute Gasteiger partial charge is 0.505 e. The molecule has 198 valence electrons. The molecule has 1 fully saturated rings. The third kappa shape index (κ3) is 5.03. The fourth-order valence-electron chi connectivity index (χ4n) is 5.29. The van der Waals surface area contributed by atoms with Crippen molar-refractivity contribution in [3.63, 3.8) is 0 Å². The Hall–Kier alpha value is -3.35. The molecule has 0 atom stereocenters. The first-order valence-corrected chi connectivity index (χ1v) is 13.5. The number of anilines is 2. The zero-order chi connectivity index (χ0) is 27.2. The maximum atomic E-state index is 12.5. The van der Waals surface area contributed by atoms with Crippen LogP contribution in [0.5, 0.6) is 5.75 Å². The molecule has 0 bridgehead atoms. The van der Waals surface area contributed by atoms with Crippen LogP contribution in [0.1, 0.15) is 33.4 Å². The van der Waals surface area contributed by atoms with Crippen LogP contribution in [0.3, 0.4) is 0 Å². The van der Waals surface area contributed by atoms with Crippen molar-refractivity contribution in [2.24, 2.45) is 0 Å². The Balaban J connectivity index is 1.44. The average Bonchev–Trinajstić information content (AvgIpc) is 3.22. The second kappa shape index (κ2) is 10.1. The van der Waals surface area contributed by atoms with Gasteiger partial charge in [0.1, 0.15) is 11.4 Å². The number of rotatable bonds is 4. The summed E-state index contributed by atoms with van der Waals surface area (Å²) in [5, 5.41) is 11.9. The minimum atomic E-state index is -0.0377. The molecular formula is C31H35ClN4O2. The average molecular weight is 531 g/mol. The molecule has 0 aliphatic carbocycles. The molecule has 38 heavy (non-hydrogen) atoms. The molecule has 3 heterocycles. The second-order valence-corrected chi connectivity index (χ2v) is 11.6. The smallest absolute Gasteiger partial charge is 0.253 e. The minimum Gasteiger partial charge on any atom is -0.505 e. The topological polar surface area (TPSA) is 59.9 Å². The van der Waals surface area contributed by atoms with Gasteiger partial charge in [-0.05, 0) is 70.5 Å². The number of hydrogen-bond acceptors (Lipinski definition) is 5. The zero-order valence-electron chi connectivity index (χ0n) is 22.8. The highest BCUT2D eigenvalue weighted by atomic mass is 35.5. The number of carbonyl (C=O) groups is 1. The molecule has 2 aliphatic rings. The van der Waals surface area contributed by atoms with E-state index in [-0.39, 0.29) is 17.2 Å². The van der Waals surface area contributed by atoms with Crippen molar-refractivity contribution in [1.82, 2.24) is 9.88 Å². The lowest BCUT2D eigenvalue weighted by Gasteiger charge is -2.43. The summed E-state index contributed by atoms with van der Waals surface area (Å²) in [4.78, 5) is 23.7. The highest BCUT2D eigenvalue weighted by Gasteiger charge is 2.27. The molecule has 3 aromatic rings. The van der Waals surface area contributed by atoms with Gasteiger partial charge in [0, 0.05) is 66.3 Å². The van der Waals surface area contributed by atoms with E-state index < -0.39 is 0 Å². The van der Waals surface area contributed by atoms with Crippen molar-refractivity contribution in [3.8, 4) is 28.1 Å². The standard InChI is InChI=1S/C31H35ClN4O2/c1-20-11-12-36(30(20)38)27-10-9-22(19-26(27)32)25-17-21(2)33-28(29(25)37)23-7-6-8-24(18-23)34-13-15-35(16-14-34)31(3,4)5/h6-11,17-19,37H,12-16H2,1-5H3. The van der Waals surface area contributed by atoms with Crippen LogP contribution in [0.25, 0.3) is 22.4 Å². The van der Waals surface area contributed by atoms with Crippen LogP contribution in [0, 0.1) is 6.92 Å². The first kappa shape index (κ1) is 26.3. The lowest BCUT2D eigenvalue weighted by atomic mass is 9.99. The summed E-state index contributed by atoms with van der Waals surface area (Å²) < 4.78 is 0. The van der Waals surface area contributed by atoms with Crippen LogP contribution in [-0.2, 0) is 4.79 Å². The molecule has 2 aromatic carbocycles. The van der Waals surface area contributed by atoms with Gasteiger partial charge in [0.2, 0.25) is 0 Å². The number of aromatic nitrogens is 1. The first-order chi connectivity index (χ1) is 18.0. The number of carbonyl (C=O) groups excluding carboxylic acids is 1. The van der Waals surface area contributed by atoms with E-state index in [4.69, 9.17) is 16.6 Å². The van der Waals surface area contributed by atoms with Gasteiger partial charge in [0.05, 0.1) is 10.7 Å². The number of hydrogen-bond donors (Lipinski definition) is 1. The molecule has 5 rings (SSSR count). The summed E-state index contributed by atoms with van der Waals surface area (Å²) in [6.07, 6.45) is 1.90. The molecule has 7 heteroatoms. The summed E-state index contributed by atoms with van der Waals surface area (Å²) in [6, 6.07) is 15.7. The van der Waals surface area contributed by atoms with E-state index in [0.29, 0.717) is 28.5 Å². The van der Waals surface area contributed by atoms with E-state index in [1.165, 1.54) is 0 Å². The maximum absolute atomic E-state index is 12.5. The molecule has 0 unspecified atom stereocenters. The number of pyridine rings is 1. The number of benzene rings is 2. The van der Waals surface area contributed by atoms with Gasteiger partial charge in [-0.3, -0.25) is 9.69 Å². The summed E-state index contributed by atoms with van der Waals surface area (Å²) in [5.74, 6) is 0.0770. The SMILES string of the molecule is CC1=CCN(c2ccc(-c3cc(C)nc(-c4cccc(N5CCN(C(C)(C)C)CC5)c4)c3O)cc2Cl)C1=O. The molecular weight excluding hydrogens is 496 g/mol. The van der Waals surface area contributed by atoms with E-state index in [2.05, 4.69) is 42.7 Å². The molecule has 2 aliphatic heterocycles. The van der Waals surface area contributed by atoms with E-state index in [9.17, 15) is 9.90 Å². The van der Waals surface area contributed by atoms with Gasteiger partial charge >= 0.3 is 0 Å². The van der Waals surface area contributed by atoms with Crippen molar-refractivity contribution in [1.29, 1.82) is 0 Å². The van der Waals surface area contributed by atoms with Crippen LogP contribution < -0.4 is 9.80 Å². The Kier molecular flexibility index (Phi) is 6.97. The van der Waals surface area contributed by atoms with Gasteiger partial charge in [-0.2, -0.15) is 0 Å². The maximum Gasteiger partial charge on any atom is 0.253 e. The van der Waals surface area contributed by atoms with Crippen molar-refractivity contribution in [2.75, 3.05) is 42.5 Å². The number of piperazine rings is 1. The van der Waals surface area contributed by atoms with Gasteiger partial charge in [-0.15, -0.1) is 0 Å². The molecule has 0 saturated carbocycles. The van der Waals surface area contributed by atoms with Crippen molar-refractivity contribution in [2.45, 2.75) is 40.2 Å². The fourth-order valence-corrected chi connectivity index (χ4v) is 5.57. The monoisotopic (exact) mass is 530 g/mol. The number of nitrogens with zero attached hydrogens (tertiary/aromatic N) is 4. The van der Waals surface area contributed by atoms with Gasteiger partial charge in [0.15, 0.2) is 0 Å². The Morgan fingerprint density at radius 2 is 1.68 bits per heavy atom. The molecule has 1 amide bonds. The van der Waals surface area contributed by atoms with Crippen molar-refractivity contribution < 1.29 is 9.90 Å². The highest BCUT2D eigenvalue weighted by molar-refractivity contribution is 6.34. The number of amides is 1. The lowest BCUT2D eigenvalue weighted by Crippen LogP contribution is -2.53. The minimum absolute atomic E-state index is 0.0377. The van der Waals surface area contributed by atoms with Crippen LogP contribution >= 0.6 is 11.6 Å². The van der Waals surface area contributed by atoms with Crippen LogP contribution in [0.15, 0.2) is 60.2 Å². The van der Waals surface area contributed by atoms with Gasteiger partial charge < -0.3 is 14.9 Å². The predicted octanol–water partition coefficient (Wildman–Crippen LogP) is 6.30. The molecule has 1 N–H and O–H groups in total. The van der Waals surface area contributed by atoms with Gasteiger partial charge in [-0.25, -0.2) is 4.98 Å². The van der Waals surface area contributed by atoms with E-state index in [1.54, 1.807) is 11.0 Å². The summed E-state index contributed by atoms with van der Waals surface area (Å²) in [5.41, 5.74) is 6.33. The van der Waals surface area contributed by atoms with Crippen molar-refractivity contribution in [3.05, 3.63) is 70.9 Å².